The summed E-state index contributed by atoms with van der Waals surface area (Å²) in [5.41, 5.74) is 0. The summed E-state index contributed by atoms with van der Waals surface area (Å²) in [7, 11) is 0. The molecule has 4 aliphatic carbocycles. The minimum atomic E-state index is -0.326. The molecular formula is C22H36O6. The summed E-state index contributed by atoms with van der Waals surface area (Å²) in [6.45, 7) is 8.23. The molecule has 0 N–H and O–H groups in total. The molecule has 0 radical (unpaired) electrons. The second kappa shape index (κ2) is 9.68. The number of ether oxygens (including phenoxy) is 4. The number of Topliss-reactive ketones (excluding diaryl/α,β-unsaturated/α-hetero) is 1. The molecule has 0 spiro atoms. The highest BCUT2D eigenvalue weighted by atomic mass is 16.8. The Morgan fingerprint density at radius 3 is 2.07 bits per heavy atom. The average Bonchev–Trinajstić information content (AvgIpc) is 3.33. The first-order valence-corrected chi connectivity index (χ1v) is 11.3. The summed E-state index contributed by atoms with van der Waals surface area (Å²) in [6, 6.07) is 0. The van der Waals surface area contributed by atoms with Crippen LogP contribution in [-0.2, 0) is 28.5 Å². The van der Waals surface area contributed by atoms with E-state index in [0.717, 1.165) is 24.2 Å². The van der Waals surface area contributed by atoms with Crippen LogP contribution in [0.15, 0.2) is 0 Å². The van der Waals surface area contributed by atoms with Crippen LogP contribution in [0.25, 0.3) is 0 Å². The van der Waals surface area contributed by atoms with E-state index in [-0.39, 0.29) is 37.4 Å². The third-order valence-electron chi connectivity index (χ3n) is 6.58. The predicted octanol–water partition coefficient (Wildman–Crippen LogP) is 3.85. The van der Waals surface area contributed by atoms with Crippen LogP contribution in [0.4, 0.5) is 0 Å². The van der Waals surface area contributed by atoms with Crippen molar-refractivity contribution in [2.24, 2.45) is 23.7 Å². The van der Waals surface area contributed by atoms with Crippen molar-refractivity contribution in [1.29, 1.82) is 0 Å². The molecule has 7 fully saturated rings. The molecule has 7 rings (SSSR count). The largest absolute Gasteiger partial charge is 0.456 e. The molecule has 160 valence electrons. The Balaban J connectivity index is 0.000000137. The fourth-order valence-electron chi connectivity index (χ4n) is 5.73. The van der Waals surface area contributed by atoms with Crippen LogP contribution in [0.3, 0.4) is 0 Å². The predicted molar refractivity (Wildman–Crippen MR) is 103 cm³/mol. The van der Waals surface area contributed by atoms with Gasteiger partial charge in [-0.25, -0.2) is 0 Å². The molecule has 4 bridgehead atoms. The van der Waals surface area contributed by atoms with Gasteiger partial charge in [0.1, 0.15) is 11.9 Å². The fourth-order valence-corrected chi connectivity index (χ4v) is 5.73. The number of hydrogen-bond acceptors (Lipinski definition) is 6. The highest BCUT2D eigenvalue weighted by molar-refractivity contribution is 5.82. The first-order chi connectivity index (χ1) is 13.7. The number of rotatable bonds is 0. The van der Waals surface area contributed by atoms with E-state index >= 15 is 0 Å². The summed E-state index contributed by atoms with van der Waals surface area (Å²) < 4.78 is 20.7. The first-order valence-electron chi connectivity index (χ1n) is 11.3. The van der Waals surface area contributed by atoms with Gasteiger partial charge in [0.05, 0.1) is 6.42 Å². The molecule has 4 saturated carbocycles. The van der Waals surface area contributed by atoms with Crippen LogP contribution in [0.1, 0.15) is 72.6 Å². The van der Waals surface area contributed by atoms with Gasteiger partial charge in [-0.3, -0.25) is 9.59 Å². The number of ketones is 1. The minimum absolute atomic E-state index is 0.159. The molecule has 0 aromatic rings. The molecule has 6 heteroatoms. The number of carbonyl (C=O) groups is 2. The number of esters is 1. The molecule has 3 heterocycles. The fraction of sp³-hybridized carbons (Fsp3) is 0.909. The average molecular weight is 397 g/mol. The van der Waals surface area contributed by atoms with Gasteiger partial charge in [-0.05, 0) is 49.9 Å². The Hall–Kier alpha value is -0.980. The normalized spacial score (nSPS) is 44.0. The van der Waals surface area contributed by atoms with E-state index < -0.39 is 0 Å². The van der Waals surface area contributed by atoms with Gasteiger partial charge >= 0.3 is 5.97 Å². The summed E-state index contributed by atoms with van der Waals surface area (Å²) in [4.78, 5) is 22.5. The van der Waals surface area contributed by atoms with Crippen LogP contribution in [-0.4, -0.2) is 43.1 Å². The van der Waals surface area contributed by atoms with Crippen molar-refractivity contribution < 1.29 is 28.5 Å². The zero-order valence-corrected chi connectivity index (χ0v) is 17.7. The van der Waals surface area contributed by atoms with Crippen molar-refractivity contribution in [2.45, 2.75) is 97.2 Å². The van der Waals surface area contributed by atoms with Crippen LogP contribution >= 0.6 is 0 Å². The van der Waals surface area contributed by atoms with E-state index in [9.17, 15) is 9.59 Å². The Kier molecular flexibility index (Phi) is 7.51. The summed E-state index contributed by atoms with van der Waals surface area (Å²) >= 11 is 0. The van der Waals surface area contributed by atoms with Crippen molar-refractivity contribution in [1.82, 2.24) is 0 Å². The van der Waals surface area contributed by atoms with E-state index in [4.69, 9.17) is 18.9 Å². The number of fused-ring (bicyclic) bond motifs is 4. The van der Waals surface area contributed by atoms with Crippen LogP contribution < -0.4 is 0 Å². The van der Waals surface area contributed by atoms with E-state index in [1.165, 1.54) is 32.1 Å². The quantitative estimate of drug-likeness (QED) is 0.579. The lowest BCUT2D eigenvalue weighted by Gasteiger charge is -2.37. The van der Waals surface area contributed by atoms with Gasteiger partial charge in [-0.15, -0.1) is 0 Å². The zero-order valence-electron chi connectivity index (χ0n) is 17.7. The molecule has 6 unspecified atom stereocenters. The van der Waals surface area contributed by atoms with Crippen LogP contribution in [0.5, 0.6) is 0 Å². The van der Waals surface area contributed by atoms with E-state index in [0.29, 0.717) is 18.1 Å². The highest BCUT2D eigenvalue weighted by Crippen LogP contribution is 2.49. The topological polar surface area (TPSA) is 71.1 Å². The van der Waals surface area contributed by atoms with Crippen molar-refractivity contribution in [2.75, 3.05) is 6.79 Å². The molecule has 3 saturated heterocycles. The van der Waals surface area contributed by atoms with E-state index in [1.54, 1.807) is 0 Å². The highest BCUT2D eigenvalue weighted by Gasteiger charge is 2.55. The van der Waals surface area contributed by atoms with Crippen LogP contribution in [0.2, 0.25) is 0 Å². The SMILES string of the molecule is CC.CC.O=C1CC2CC3CC(C2)CC1C3.O=C1CC2OC3OCOC3C2O1. The Morgan fingerprint density at radius 2 is 1.39 bits per heavy atom. The summed E-state index contributed by atoms with van der Waals surface area (Å²) in [5.74, 6) is 3.52. The third kappa shape index (κ3) is 4.44. The summed E-state index contributed by atoms with van der Waals surface area (Å²) in [5, 5.41) is 0. The maximum Gasteiger partial charge on any atom is 0.309 e. The van der Waals surface area contributed by atoms with Gasteiger partial charge in [0.25, 0.3) is 0 Å². The second-order valence-corrected chi connectivity index (χ2v) is 8.26. The molecule has 28 heavy (non-hydrogen) atoms. The molecule has 6 atom stereocenters. The molecule has 7 aliphatic rings. The first kappa shape index (κ1) is 21.7. The van der Waals surface area contributed by atoms with Gasteiger partial charge in [0.15, 0.2) is 25.3 Å². The molecular weight excluding hydrogens is 360 g/mol. The smallest absolute Gasteiger partial charge is 0.309 e. The minimum Gasteiger partial charge on any atom is -0.456 e. The van der Waals surface area contributed by atoms with Crippen LogP contribution in [0, 0.1) is 23.7 Å². The number of hydrogen-bond donors (Lipinski definition) is 0. The lowest BCUT2D eigenvalue weighted by Crippen LogP contribution is -2.30. The van der Waals surface area contributed by atoms with Gasteiger partial charge in [0, 0.05) is 12.3 Å². The van der Waals surface area contributed by atoms with Gasteiger partial charge in [0.2, 0.25) is 0 Å². The Bertz CT molecular complexity index is 535. The van der Waals surface area contributed by atoms with E-state index in [1.807, 2.05) is 27.7 Å². The monoisotopic (exact) mass is 396 g/mol. The second-order valence-electron chi connectivity index (χ2n) is 8.26. The zero-order chi connectivity index (χ0) is 20.3. The third-order valence-corrected chi connectivity index (χ3v) is 6.58. The Morgan fingerprint density at radius 1 is 0.750 bits per heavy atom. The lowest BCUT2D eigenvalue weighted by atomic mass is 9.68. The van der Waals surface area contributed by atoms with Gasteiger partial charge < -0.3 is 18.9 Å². The standard InChI is InChI=1S/C11H16O.C7H8O5.2C2H6/c12-11-6-9-2-7-1-8(3-9)5-10(11)4-7;8-4-1-3-5(12-4)6-7(11-3)10-2-9-6;2*1-2/h7-10H,1-6H2;3,5-7H,1-2H2;2*1-2H3. The summed E-state index contributed by atoms with van der Waals surface area (Å²) in [6.07, 6.45) is 6.99. The number of carbonyl (C=O) groups excluding carboxylic acids is 2. The van der Waals surface area contributed by atoms with Gasteiger partial charge in [-0.1, -0.05) is 27.7 Å². The molecule has 0 aromatic carbocycles. The maximum atomic E-state index is 11.7. The van der Waals surface area contributed by atoms with Crippen molar-refractivity contribution in [3.05, 3.63) is 0 Å². The van der Waals surface area contributed by atoms with Crippen molar-refractivity contribution >= 4 is 11.8 Å². The van der Waals surface area contributed by atoms with Crippen molar-refractivity contribution in [3.63, 3.8) is 0 Å². The van der Waals surface area contributed by atoms with E-state index in [2.05, 4.69) is 0 Å². The molecule has 0 aromatic heterocycles. The Labute approximate surface area is 168 Å². The molecule has 3 aliphatic heterocycles. The lowest BCUT2D eigenvalue weighted by molar-refractivity contribution is -0.145. The molecule has 6 nitrogen and oxygen atoms in total. The maximum absolute atomic E-state index is 11.7. The van der Waals surface area contributed by atoms with Gasteiger partial charge in [-0.2, -0.15) is 0 Å². The molecule has 0 amide bonds. The van der Waals surface area contributed by atoms with Crippen molar-refractivity contribution in [3.8, 4) is 0 Å².